The van der Waals surface area contributed by atoms with Gasteiger partial charge >= 0.3 is 12.1 Å². The predicted molar refractivity (Wildman–Crippen MR) is 171 cm³/mol. The van der Waals surface area contributed by atoms with Gasteiger partial charge in [0.2, 0.25) is 10.0 Å². The van der Waals surface area contributed by atoms with Gasteiger partial charge in [0, 0.05) is 38.6 Å². The molecule has 0 N–H and O–H groups in total. The Bertz CT molecular complexity index is 1590. The first kappa shape index (κ1) is 34.6. The smallest absolute Gasteiger partial charge is 0.410 e. The summed E-state index contributed by atoms with van der Waals surface area (Å²) in [4.78, 5) is 26.4. The first-order valence-electron chi connectivity index (χ1n) is 15.1. The van der Waals surface area contributed by atoms with E-state index in [-0.39, 0.29) is 25.6 Å². The summed E-state index contributed by atoms with van der Waals surface area (Å²) in [5, 5.41) is 9.42. The summed E-state index contributed by atoms with van der Waals surface area (Å²) < 4.78 is 55.8. The number of rotatable bonds is 11. The Kier molecular flexibility index (Phi) is 11.2. The number of benzene rings is 2. The summed E-state index contributed by atoms with van der Waals surface area (Å²) in [7, 11) is -2.65. The van der Waals surface area contributed by atoms with Gasteiger partial charge in [-0.3, -0.25) is 9.10 Å². The molecule has 4 rings (SSSR count). The normalized spacial score (nSPS) is 17.0. The van der Waals surface area contributed by atoms with Crippen LogP contribution in [-0.2, 0) is 35.4 Å². The third kappa shape index (κ3) is 8.92. The number of likely N-dealkylation sites (tertiary alicyclic amines) is 1. The zero-order valence-electron chi connectivity index (χ0n) is 26.9. The monoisotopic (exact) mass is 655 g/mol. The van der Waals surface area contributed by atoms with Gasteiger partial charge in [0.25, 0.3) is 0 Å². The molecule has 0 bridgehead atoms. The quantitative estimate of drug-likeness (QED) is 0.248. The first-order valence-corrected chi connectivity index (χ1v) is 16.7. The fourth-order valence-corrected chi connectivity index (χ4v) is 6.87. The van der Waals surface area contributed by atoms with E-state index in [0.717, 1.165) is 5.56 Å². The molecule has 248 valence electrons. The number of fused-ring (bicyclic) bond motifs is 1. The average molecular weight is 656 g/mol. The van der Waals surface area contributed by atoms with E-state index in [2.05, 4.69) is 6.07 Å². The predicted octanol–water partition coefficient (Wildman–Crippen LogP) is 4.66. The van der Waals surface area contributed by atoms with E-state index in [1.54, 1.807) is 54.3 Å². The summed E-state index contributed by atoms with van der Waals surface area (Å²) in [6.45, 7) is 8.16. The van der Waals surface area contributed by atoms with Crippen molar-refractivity contribution < 1.29 is 41.7 Å². The Morgan fingerprint density at radius 1 is 1.11 bits per heavy atom. The van der Waals surface area contributed by atoms with Gasteiger partial charge in [-0.05, 0) is 76.1 Å². The van der Waals surface area contributed by atoms with Crippen molar-refractivity contribution in [3.8, 4) is 17.6 Å². The number of anilines is 1. The number of piperidine rings is 1. The molecule has 1 saturated heterocycles. The van der Waals surface area contributed by atoms with E-state index in [0.29, 0.717) is 60.7 Å². The fourth-order valence-electron chi connectivity index (χ4n) is 5.32. The summed E-state index contributed by atoms with van der Waals surface area (Å²) >= 11 is 0. The number of carbonyl (C=O) groups excluding carboxylic acids is 2. The topological polar surface area (TPSA) is 145 Å². The van der Waals surface area contributed by atoms with Gasteiger partial charge in [-0.25, -0.2) is 13.2 Å². The number of amides is 1. The van der Waals surface area contributed by atoms with Gasteiger partial charge in [0.15, 0.2) is 12.5 Å². The Morgan fingerprint density at radius 3 is 2.50 bits per heavy atom. The second-order valence-corrected chi connectivity index (χ2v) is 13.8. The molecule has 0 spiro atoms. The van der Waals surface area contributed by atoms with E-state index < -0.39 is 33.4 Å². The van der Waals surface area contributed by atoms with Crippen LogP contribution in [0.3, 0.4) is 0 Å². The van der Waals surface area contributed by atoms with Crippen LogP contribution in [0.25, 0.3) is 6.08 Å². The summed E-state index contributed by atoms with van der Waals surface area (Å²) in [5.74, 6) is -0.611. The van der Waals surface area contributed by atoms with Crippen molar-refractivity contribution >= 4 is 33.8 Å². The lowest BCUT2D eigenvalue weighted by Crippen LogP contribution is -2.44. The minimum atomic E-state index is -4.14. The Morgan fingerprint density at radius 2 is 1.85 bits per heavy atom. The van der Waals surface area contributed by atoms with Crippen molar-refractivity contribution in [3.05, 3.63) is 59.2 Å². The highest BCUT2D eigenvalue weighted by molar-refractivity contribution is 7.93. The molecule has 2 aromatic rings. The number of nitrogens with zero attached hydrogens (tertiary/aromatic N) is 3. The van der Waals surface area contributed by atoms with Crippen molar-refractivity contribution in [2.45, 2.75) is 64.7 Å². The molecule has 1 unspecified atom stereocenters. The molecule has 2 aliphatic heterocycles. The maximum absolute atomic E-state index is 13.6. The number of sulfonamides is 1. The second kappa shape index (κ2) is 14.9. The lowest BCUT2D eigenvalue weighted by molar-refractivity contribution is -0.139. The summed E-state index contributed by atoms with van der Waals surface area (Å²) in [6, 6.07) is 11.5. The SMILES string of the molecule is CCOC(=O)CS(=O)(=O)N1c2ccc(OC3CCN(C(=O)OC(C)(C)C)CC3)cc2CC1/C=C/c1cc(C#N)ccc1OCOC. The number of hydrogen-bond donors (Lipinski definition) is 0. The standard InChI is InChI=1S/C33H41N3O9S/c1-6-42-31(37)21-46(39,40)36-26(9-8-24-17-23(20-34)7-12-30(24)43-22-41-5)18-25-19-28(10-11-29(25)36)44-27-13-15-35(16-14-27)32(38)45-33(2,3)4/h7-12,17,19,26-27H,6,13-16,18,21-22H2,1-5H3/b9-8+. The number of esters is 1. The molecule has 1 amide bonds. The molecule has 12 nitrogen and oxygen atoms in total. The van der Waals surface area contributed by atoms with Crippen molar-refractivity contribution in [2.75, 3.05) is 43.7 Å². The minimum Gasteiger partial charge on any atom is -0.490 e. The van der Waals surface area contributed by atoms with Gasteiger partial charge in [0.05, 0.1) is 30.0 Å². The maximum Gasteiger partial charge on any atom is 0.410 e. The van der Waals surface area contributed by atoms with Crippen molar-refractivity contribution in [1.29, 1.82) is 5.26 Å². The summed E-state index contributed by atoms with van der Waals surface area (Å²) in [5.41, 5.74) is 1.57. The Balaban J connectivity index is 1.56. The number of nitriles is 1. The minimum absolute atomic E-state index is 0.00946. The van der Waals surface area contributed by atoms with E-state index in [1.807, 2.05) is 26.8 Å². The lowest BCUT2D eigenvalue weighted by atomic mass is 10.1. The molecule has 13 heteroatoms. The first-order chi connectivity index (χ1) is 21.8. The Labute approximate surface area is 270 Å². The van der Waals surface area contributed by atoms with E-state index in [9.17, 15) is 23.3 Å². The molecule has 2 aliphatic rings. The molecular formula is C33H41N3O9S. The highest BCUT2D eigenvalue weighted by Crippen LogP contribution is 2.39. The van der Waals surface area contributed by atoms with Crippen LogP contribution in [0.1, 0.15) is 57.2 Å². The zero-order chi connectivity index (χ0) is 33.5. The van der Waals surface area contributed by atoms with Gasteiger partial charge in [0.1, 0.15) is 23.2 Å². The molecule has 1 atom stereocenters. The van der Waals surface area contributed by atoms with Gasteiger partial charge in [-0.15, -0.1) is 0 Å². The molecule has 2 aromatic carbocycles. The molecule has 1 fully saturated rings. The van der Waals surface area contributed by atoms with Gasteiger partial charge < -0.3 is 28.6 Å². The van der Waals surface area contributed by atoms with Crippen molar-refractivity contribution in [3.63, 3.8) is 0 Å². The molecule has 0 aliphatic carbocycles. The van der Waals surface area contributed by atoms with Crippen LogP contribution in [-0.4, -0.2) is 82.5 Å². The van der Waals surface area contributed by atoms with Crippen LogP contribution in [0.2, 0.25) is 0 Å². The van der Waals surface area contributed by atoms with Crippen LogP contribution in [0.15, 0.2) is 42.5 Å². The van der Waals surface area contributed by atoms with Crippen LogP contribution >= 0.6 is 0 Å². The van der Waals surface area contributed by atoms with Crippen LogP contribution in [0, 0.1) is 11.3 Å². The molecule has 0 aromatic heterocycles. The number of methoxy groups -OCH3 is 1. The molecule has 2 heterocycles. The highest BCUT2D eigenvalue weighted by atomic mass is 32.2. The Hall–Kier alpha value is -4.28. The molecule has 0 radical (unpaired) electrons. The molecule has 46 heavy (non-hydrogen) atoms. The fraction of sp³-hybridized carbons (Fsp3) is 0.485. The maximum atomic E-state index is 13.6. The zero-order valence-corrected chi connectivity index (χ0v) is 27.7. The van der Waals surface area contributed by atoms with Crippen molar-refractivity contribution in [1.82, 2.24) is 4.90 Å². The highest BCUT2D eigenvalue weighted by Gasteiger charge is 2.38. The number of hydrogen-bond acceptors (Lipinski definition) is 10. The number of carbonyl (C=O) groups is 2. The third-order valence-corrected chi connectivity index (χ3v) is 8.96. The largest absolute Gasteiger partial charge is 0.490 e. The molecular weight excluding hydrogens is 614 g/mol. The van der Waals surface area contributed by atoms with Crippen LogP contribution < -0.4 is 13.8 Å². The average Bonchev–Trinajstić information content (AvgIpc) is 3.37. The van der Waals surface area contributed by atoms with E-state index in [4.69, 9.17) is 23.7 Å². The van der Waals surface area contributed by atoms with Gasteiger partial charge in [-0.2, -0.15) is 5.26 Å². The second-order valence-electron chi connectivity index (χ2n) is 12.0. The van der Waals surface area contributed by atoms with Crippen LogP contribution in [0.4, 0.5) is 10.5 Å². The van der Waals surface area contributed by atoms with Crippen LogP contribution in [0.5, 0.6) is 11.5 Å². The van der Waals surface area contributed by atoms with E-state index >= 15 is 0 Å². The third-order valence-electron chi connectivity index (χ3n) is 7.29. The summed E-state index contributed by atoms with van der Waals surface area (Å²) in [6.07, 6.45) is 4.50. The van der Waals surface area contributed by atoms with Crippen molar-refractivity contribution in [2.24, 2.45) is 0 Å². The molecule has 0 saturated carbocycles. The van der Waals surface area contributed by atoms with E-state index in [1.165, 1.54) is 11.4 Å². The van der Waals surface area contributed by atoms with Gasteiger partial charge in [-0.1, -0.05) is 12.2 Å². The lowest BCUT2D eigenvalue weighted by Gasteiger charge is -2.33. The number of ether oxygens (including phenoxy) is 5.